The number of benzene rings is 1. The van der Waals surface area contributed by atoms with E-state index in [2.05, 4.69) is 10.6 Å². The Bertz CT molecular complexity index is 518. The van der Waals surface area contributed by atoms with Crippen LogP contribution in [-0.2, 0) is 14.3 Å². The first-order valence-electron chi connectivity index (χ1n) is 8.24. The highest BCUT2D eigenvalue weighted by Crippen LogP contribution is 2.23. The molecule has 1 saturated heterocycles. The first kappa shape index (κ1) is 20.5. The van der Waals surface area contributed by atoms with E-state index in [1.807, 2.05) is 30.3 Å². The molecule has 0 saturated carbocycles. The molecule has 0 spiro atoms. The van der Waals surface area contributed by atoms with Crippen molar-refractivity contribution in [3.8, 4) is 0 Å². The molecule has 6 heteroatoms. The summed E-state index contributed by atoms with van der Waals surface area (Å²) in [7, 11) is 1.37. The van der Waals surface area contributed by atoms with Gasteiger partial charge in [0.2, 0.25) is 5.91 Å². The van der Waals surface area contributed by atoms with Crippen LogP contribution in [0.25, 0.3) is 0 Å². The lowest BCUT2D eigenvalue weighted by atomic mass is 9.94. The third kappa shape index (κ3) is 5.80. The van der Waals surface area contributed by atoms with Crippen molar-refractivity contribution in [2.75, 3.05) is 20.2 Å². The Morgan fingerprint density at radius 2 is 2.04 bits per heavy atom. The second kappa shape index (κ2) is 10.3. The van der Waals surface area contributed by atoms with Crippen molar-refractivity contribution in [3.63, 3.8) is 0 Å². The van der Waals surface area contributed by atoms with Gasteiger partial charge in [-0.2, -0.15) is 0 Å². The number of esters is 1. The number of carbonyl (C=O) groups excluding carboxylic acids is 2. The van der Waals surface area contributed by atoms with E-state index >= 15 is 0 Å². The fourth-order valence-electron chi connectivity index (χ4n) is 3.02. The Kier molecular flexibility index (Phi) is 8.79. The molecular weight excluding hydrogens is 328 g/mol. The van der Waals surface area contributed by atoms with Crippen molar-refractivity contribution >= 4 is 24.3 Å². The number of amides is 1. The highest BCUT2D eigenvalue weighted by Gasteiger charge is 2.28. The van der Waals surface area contributed by atoms with Gasteiger partial charge in [0.05, 0.1) is 19.1 Å². The Hall–Kier alpha value is -1.59. The van der Waals surface area contributed by atoms with Gasteiger partial charge < -0.3 is 15.4 Å². The largest absolute Gasteiger partial charge is 0.469 e. The molecule has 3 atom stereocenters. The zero-order valence-corrected chi connectivity index (χ0v) is 15.1. The summed E-state index contributed by atoms with van der Waals surface area (Å²) >= 11 is 0. The van der Waals surface area contributed by atoms with Gasteiger partial charge in [-0.3, -0.25) is 9.59 Å². The number of ether oxygens (including phenoxy) is 1. The van der Waals surface area contributed by atoms with Crippen LogP contribution in [0.15, 0.2) is 30.3 Å². The summed E-state index contributed by atoms with van der Waals surface area (Å²) in [6.07, 6.45) is 2.50. The smallest absolute Gasteiger partial charge is 0.310 e. The van der Waals surface area contributed by atoms with Gasteiger partial charge >= 0.3 is 5.97 Å². The molecule has 1 aliphatic heterocycles. The van der Waals surface area contributed by atoms with Crippen LogP contribution in [-0.4, -0.2) is 32.1 Å². The molecule has 0 bridgehead atoms. The van der Waals surface area contributed by atoms with Crippen LogP contribution in [0.4, 0.5) is 0 Å². The molecule has 3 unspecified atom stereocenters. The van der Waals surface area contributed by atoms with E-state index in [1.54, 1.807) is 6.92 Å². The van der Waals surface area contributed by atoms with E-state index < -0.39 is 5.92 Å². The molecule has 2 N–H and O–H groups in total. The van der Waals surface area contributed by atoms with Crippen LogP contribution < -0.4 is 10.6 Å². The summed E-state index contributed by atoms with van der Waals surface area (Å²) < 4.78 is 4.84. The van der Waals surface area contributed by atoms with Crippen molar-refractivity contribution in [2.45, 2.75) is 32.2 Å². The summed E-state index contributed by atoms with van der Waals surface area (Å²) in [4.78, 5) is 24.2. The molecule has 1 fully saturated rings. The number of carbonyl (C=O) groups is 2. The van der Waals surface area contributed by atoms with Crippen molar-refractivity contribution < 1.29 is 14.3 Å². The first-order valence-corrected chi connectivity index (χ1v) is 8.24. The first-order chi connectivity index (χ1) is 11.1. The lowest BCUT2D eigenvalue weighted by molar-refractivity contribution is -0.146. The van der Waals surface area contributed by atoms with Crippen molar-refractivity contribution in [1.82, 2.24) is 10.6 Å². The second-order valence-corrected chi connectivity index (χ2v) is 6.17. The van der Waals surface area contributed by atoms with Gasteiger partial charge in [-0.15, -0.1) is 12.4 Å². The summed E-state index contributed by atoms with van der Waals surface area (Å²) in [6.45, 7) is 3.82. The van der Waals surface area contributed by atoms with Gasteiger partial charge in [0, 0.05) is 6.42 Å². The van der Waals surface area contributed by atoms with Crippen LogP contribution in [0.2, 0.25) is 0 Å². The maximum Gasteiger partial charge on any atom is 0.310 e. The van der Waals surface area contributed by atoms with Crippen molar-refractivity contribution in [1.29, 1.82) is 0 Å². The second-order valence-electron chi connectivity index (χ2n) is 6.17. The highest BCUT2D eigenvalue weighted by atomic mass is 35.5. The van der Waals surface area contributed by atoms with Crippen LogP contribution >= 0.6 is 12.4 Å². The van der Waals surface area contributed by atoms with E-state index in [1.165, 1.54) is 7.11 Å². The molecule has 5 nitrogen and oxygen atoms in total. The van der Waals surface area contributed by atoms with E-state index in [0.29, 0.717) is 12.3 Å². The van der Waals surface area contributed by atoms with Gasteiger partial charge in [0.15, 0.2) is 0 Å². The minimum absolute atomic E-state index is 0. The summed E-state index contributed by atoms with van der Waals surface area (Å²) in [5.74, 6) is -0.186. The summed E-state index contributed by atoms with van der Waals surface area (Å²) in [6, 6.07) is 9.21. The van der Waals surface area contributed by atoms with Gasteiger partial charge in [0.25, 0.3) is 0 Å². The number of hydrogen-bond acceptors (Lipinski definition) is 4. The van der Waals surface area contributed by atoms with E-state index in [4.69, 9.17) is 4.74 Å². The molecule has 0 aliphatic carbocycles. The van der Waals surface area contributed by atoms with Crippen LogP contribution in [0.5, 0.6) is 0 Å². The predicted molar refractivity (Wildman–Crippen MR) is 96.0 cm³/mol. The van der Waals surface area contributed by atoms with Gasteiger partial charge in [-0.1, -0.05) is 30.3 Å². The lowest BCUT2D eigenvalue weighted by Gasteiger charge is -2.24. The summed E-state index contributed by atoms with van der Waals surface area (Å²) in [5, 5.41) is 6.32. The fraction of sp³-hybridized carbons (Fsp3) is 0.556. The number of hydrogen-bond donors (Lipinski definition) is 2. The van der Waals surface area contributed by atoms with Crippen LogP contribution in [0.1, 0.15) is 37.8 Å². The minimum atomic E-state index is -0.431. The monoisotopic (exact) mass is 354 g/mol. The molecule has 1 heterocycles. The minimum Gasteiger partial charge on any atom is -0.469 e. The average Bonchev–Trinajstić information content (AvgIpc) is 3.11. The zero-order valence-electron chi connectivity index (χ0n) is 14.3. The standard InChI is InChI=1S/C18H26N2O3.ClH/c1-13(18(22)23-2)17(15-6-4-3-5-7-15)20-16(21)9-8-14-10-11-19-12-14;/h3-7,13-14,17,19H,8-12H2,1-2H3,(H,20,21);1H. The maximum absolute atomic E-state index is 12.3. The third-order valence-electron chi connectivity index (χ3n) is 4.49. The van der Waals surface area contributed by atoms with Gasteiger partial charge in [-0.05, 0) is 44.3 Å². The molecule has 134 valence electrons. The Morgan fingerprint density at radius 1 is 1.33 bits per heavy atom. The molecule has 1 aliphatic rings. The zero-order chi connectivity index (χ0) is 16.7. The normalized spacial score (nSPS) is 19.0. The quantitative estimate of drug-likeness (QED) is 0.738. The van der Waals surface area contributed by atoms with Crippen LogP contribution in [0.3, 0.4) is 0 Å². The van der Waals surface area contributed by atoms with Crippen LogP contribution in [0, 0.1) is 11.8 Å². The molecule has 1 aromatic rings. The molecule has 0 radical (unpaired) electrons. The SMILES string of the molecule is COC(=O)C(C)C(NC(=O)CCC1CCNC1)c1ccccc1.Cl. The van der Waals surface area contributed by atoms with E-state index in [0.717, 1.165) is 31.5 Å². The number of halogens is 1. The predicted octanol–water partition coefficient (Wildman–Crippen LogP) is 2.46. The Labute approximate surface area is 149 Å². The summed E-state index contributed by atoms with van der Waals surface area (Å²) in [5.41, 5.74) is 0.918. The number of methoxy groups -OCH3 is 1. The fourth-order valence-corrected chi connectivity index (χ4v) is 3.02. The van der Waals surface area contributed by atoms with E-state index in [9.17, 15) is 9.59 Å². The third-order valence-corrected chi connectivity index (χ3v) is 4.49. The number of rotatable bonds is 7. The highest BCUT2D eigenvalue weighted by molar-refractivity contribution is 5.85. The topological polar surface area (TPSA) is 67.4 Å². The molecule has 2 rings (SSSR count). The van der Waals surface area contributed by atoms with Crippen molar-refractivity contribution in [2.24, 2.45) is 11.8 Å². The average molecular weight is 355 g/mol. The Morgan fingerprint density at radius 3 is 2.62 bits per heavy atom. The lowest BCUT2D eigenvalue weighted by Crippen LogP contribution is -2.36. The molecular formula is C18H27ClN2O3. The van der Waals surface area contributed by atoms with Gasteiger partial charge in [-0.25, -0.2) is 0 Å². The number of nitrogens with one attached hydrogen (secondary N) is 2. The van der Waals surface area contributed by atoms with Crippen molar-refractivity contribution in [3.05, 3.63) is 35.9 Å². The molecule has 0 aromatic heterocycles. The molecule has 1 amide bonds. The maximum atomic E-state index is 12.3. The molecule has 24 heavy (non-hydrogen) atoms. The van der Waals surface area contributed by atoms with Gasteiger partial charge in [0.1, 0.15) is 0 Å². The molecule has 1 aromatic carbocycles. The Balaban J connectivity index is 0.00000288. The van der Waals surface area contributed by atoms with E-state index in [-0.39, 0.29) is 30.3 Å².